The van der Waals surface area contributed by atoms with Gasteiger partial charge >= 0.3 is 0 Å². The number of halogens is 2. The highest BCUT2D eigenvalue weighted by atomic mass is 19.2. The number of hydrogen-bond acceptors (Lipinski definition) is 2. The topological polar surface area (TPSA) is 37.9 Å². The number of imidazole rings is 1. The van der Waals surface area contributed by atoms with Gasteiger partial charge in [0, 0.05) is 31.3 Å². The summed E-state index contributed by atoms with van der Waals surface area (Å²) in [5.41, 5.74) is 1.02. The Morgan fingerprint density at radius 1 is 1.33 bits per heavy atom. The standard InChI is InChI=1S/C13H14F2N2O/c1-7-6-18-3-2-8(7)13-16-11-4-9(14)10(15)5-12(11)17-13/h4-5,7-8H,2-3,6H2,1H3,(H,16,17). The molecular formula is C13H14F2N2O. The first kappa shape index (κ1) is 11.6. The monoisotopic (exact) mass is 252 g/mol. The van der Waals surface area contributed by atoms with Crippen molar-refractivity contribution in [3.8, 4) is 0 Å². The summed E-state index contributed by atoms with van der Waals surface area (Å²) in [7, 11) is 0. The molecule has 3 rings (SSSR count). The van der Waals surface area contributed by atoms with Crippen LogP contribution in [-0.4, -0.2) is 23.2 Å². The Hall–Kier alpha value is -1.49. The summed E-state index contributed by atoms with van der Waals surface area (Å²) in [6.45, 7) is 3.50. The number of ether oxygens (including phenoxy) is 1. The van der Waals surface area contributed by atoms with Gasteiger partial charge in [0.2, 0.25) is 0 Å². The Bertz CT molecular complexity index is 543. The van der Waals surface area contributed by atoms with Gasteiger partial charge in [-0.2, -0.15) is 0 Å². The van der Waals surface area contributed by atoms with Gasteiger partial charge < -0.3 is 9.72 Å². The van der Waals surface area contributed by atoms with Crippen LogP contribution in [-0.2, 0) is 4.74 Å². The molecule has 1 fully saturated rings. The molecule has 0 aliphatic carbocycles. The minimum atomic E-state index is -0.861. The van der Waals surface area contributed by atoms with Crippen molar-refractivity contribution in [2.45, 2.75) is 19.3 Å². The van der Waals surface area contributed by atoms with Crippen LogP contribution in [0.3, 0.4) is 0 Å². The smallest absolute Gasteiger partial charge is 0.161 e. The SMILES string of the molecule is CC1COCCC1c1nc2cc(F)c(F)cc2[nH]1. The minimum Gasteiger partial charge on any atom is -0.381 e. The van der Waals surface area contributed by atoms with Crippen molar-refractivity contribution < 1.29 is 13.5 Å². The molecule has 1 saturated heterocycles. The number of hydrogen-bond donors (Lipinski definition) is 1. The molecule has 1 N–H and O–H groups in total. The third kappa shape index (κ3) is 1.88. The van der Waals surface area contributed by atoms with Crippen LogP contribution in [0.4, 0.5) is 8.78 Å². The maximum Gasteiger partial charge on any atom is 0.161 e. The first-order valence-corrected chi connectivity index (χ1v) is 6.07. The second-order valence-electron chi connectivity index (χ2n) is 4.85. The van der Waals surface area contributed by atoms with Gasteiger partial charge in [0.25, 0.3) is 0 Å². The van der Waals surface area contributed by atoms with Crippen LogP contribution in [0.1, 0.15) is 25.1 Å². The van der Waals surface area contributed by atoms with E-state index in [0.29, 0.717) is 30.2 Å². The highest BCUT2D eigenvalue weighted by molar-refractivity contribution is 5.75. The van der Waals surface area contributed by atoms with Gasteiger partial charge in [-0.05, 0) is 12.3 Å². The fourth-order valence-electron chi connectivity index (χ4n) is 2.49. The maximum atomic E-state index is 13.1. The highest BCUT2D eigenvalue weighted by Gasteiger charge is 2.26. The number of benzene rings is 1. The largest absolute Gasteiger partial charge is 0.381 e. The summed E-state index contributed by atoms with van der Waals surface area (Å²) in [5, 5.41) is 0. The molecule has 0 spiro atoms. The predicted molar refractivity (Wildman–Crippen MR) is 63.4 cm³/mol. The summed E-state index contributed by atoms with van der Waals surface area (Å²) in [6.07, 6.45) is 0.881. The number of nitrogens with one attached hydrogen (secondary N) is 1. The van der Waals surface area contributed by atoms with E-state index in [0.717, 1.165) is 24.4 Å². The van der Waals surface area contributed by atoms with Crippen molar-refractivity contribution in [1.82, 2.24) is 9.97 Å². The Morgan fingerprint density at radius 2 is 2.11 bits per heavy atom. The molecule has 0 bridgehead atoms. The zero-order valence-electron chi connectivity index (χ0n) is 10.0. The molecule has 96 valence electrons. The fourth-order valence-corrected chi connectivity index (χ4v) is 2.49. The molecule has 1 aliphatic heterocycles. The number of H-pyrrole nitrogens is 1. The second-order valence-corrected chi connectivity index (χ2v) is 4.85. The van der Waals surface area contributed by atoms with Crippen molar-refractivity contribution >= 4 is 11.0 Å². The van der Waals surface area contributed by atoms with Gasteiger partial charge in [-0.3, -0.25) is 0 Å². The molecule has 0 saturated carbocycles. The van der Waals surface area contributed by atoms with Gasteiger partial charge in [-0.1, -0.05) is 6.92 Å². The molecule has 2 aromatic rings. The number of fused-ring (bicyclic) bond motifs is 1. The minimum absolute atomic E-state index is 0.261. The molecule has 3 nitrogen and oxygen atoms in total. The fraction of sp³-hybridized carbons (Fsp3) is 0.462. The highest BCUT2D eigenvalue weighted by Crippen LogP contribution is 2.31. The Kier molecular flexibility index (Phi) is 2.78. The van der Waals surface area contributed by atoms with E-state index in [1.807, 2.05) is 0 Å². The van der Waals surface area contributed by atoms with Crippen LogP contribution in [0, 0.1) is 17.6 Å². The Labute approximate surface area is 103 Å². The van der Waals surface area contributed by atoms with Crippen molar-refractivity contribution in [2.75, 3.05) is 13.2 Å². The summed E-state index contributed by atoms with van der Waals surface area (Å²) >= 11 is 0. The molecule has 1 aromatic carbocycles. The zero-order chi connectivity index (χ0) is 12.7. The van der Waals surface area contributed by atoms with Gasteiger partial charge in [-0.15, -0.1) is 0 Å². The quantitative estimate of drug-likeness (QED) is 0.847. The van der Waals surface area contributed by atoms with Gasteiger partial charge in [0.15, 0.2) is 11.6 Å². The van der Waals surface area contributed by atoms with Crippen molar-refractivity contribution in [1.29, 1.82) is 0 Å². The number of aromatic nitrogens is 2. The van der Waals surface area contributed by atoms with Crippen molar-refractivity contribution in [2.24, 2.45) is 5.92 Å². The molecule has 5 heteroatoms. The van der Waals surface area contributed by atoms with E-state index in [-0.39, 0.29) is 5.92 Å². The first-order chi connectivity index (χ1) is 8.65. The maximum absolute atomic E-state index is 13.1. The van der Waals surface area contributed by atoms with Gasteiger partial charge in [0.05, 0.1) is 11.0 Å². The summed E-state index contributed by atoms with van der Waals surface area (Å²) in [5.74, 6) is -0.296. The zero-order valence-corrected chi connectivity index (χ0v) is 10.0. The Balaban J connectivity index is 2.02. The molecular weight excluding hydrogens is 238 g/mol. The Morgan fingerprint density at radius 3 is 2.89 bits per heavy atom. The summed E-state index contributed by atoms with van der Waals surface area (Å²) in [4.78, 5) is 7.46. The van der Waals surface area contributed by atoms with E-state index in [9.17, 15) is 8.78 Å². The van der Waals surface area contributed by atoms with Crippen molar-refractivity contribution in [3.63, 3.8) is 0 Å². The first-order valence-electron chi connectivity index (χ1n) is 6.07. The number of nitrogens with zero attached hydrogens (tertiary/aromatic N) is 1. The van der Waals surface area contributed by atoms with Gasteiger partial charge in [-0.25, -0.2) is 13.8 Å². The molecule has 2 heterocycles. The predicted octanol–water partition coefficient (Wildman–Crippen LogP) is 2.98. The molecule has 1 aromatic heterocycles. The lowest BCUT2D eigenvalue weighted by Crippen LogP contribution is -2.24. The van der Waals surface area contributed by atoms with E-state index in [4.69, 9.17) is 4.74 Å². The van der Waals surface area contributed by atoms with Gasteiger partial charge in [0.1, 0.15) is 5.82 Å². The average molecular weight is 252 g/mol. The third-order valence-electron chi connectivity index (χ3n) is 3.53. The van der Waals surface area contributed by atoms with Crippen LogP contribution < -0.4 is 0 Å². The third-order valence-corrected chi connectivity index (χ3v) is 3.53. The van der Waals surface area contributed by atoms with Crippen molar-refractivity contribution in [3.05, 3.63) is 29.6 Å². The van der Waals surface area contributed by atoms with Crippen LogP contribution in [0.25, 0.3) is 11.0 Å². The summed E-state index contributed by atoms with van der Waals surface area (Å²) < 4.78 is 31.6. The number of aromatic amines is 1. The second kappa shape index (κ2) is 4.31. The van der Waals surface area contributed by atoms with Crippen LogP contribution in [0.2, 0.25) is 0 Å². The van der Waals surface area contributed by atoms with E-state index in [1.165, 1.54) is 0 Å². The molecule has 2 atom stereocenters. The van der Waals surface area contributed by atoms with E-state index >= 15 is 0 Å². The van der Waals surface area contributed by atoms with Crippen LogP contribution >= 0.6 is 0 Å². The molecule has 1 aliphatic rings. The average Bonchev–Trinajstić information content (AvgIpc) is 2.73. The van der Waals surface area contributed by atoms with Crippen LogP contribution in [0.5, 0.6) is 0 Å². The number of rotatable bonds is 1. The normalized spacial score (nSPS) is 24.6. The van der Waals surface area contributed by atoms with Crippen LogP contribution in [0.15, 0.2) is 12.1 Å². The van der Waals surface area contributed by atoms with E-state index in [1.54, 1.807) is 0 Å². The lowest BCUT2D eigenvalue weighted by molar-refractivity contribution is 0.0455. The van der Waals surface area contributed by atoms with E-state index in [2.05, 4.69) is 16.9 Å². The molecule has 18 heavy (non-hydrogen) atoms. The molecule has 0 amide bonds. The lowest BCUT2D eigenvalue weighted by Gasteiger charge is -2.27. The summed E-state index contributed by atoms with van der Waals surface area (Å²) in [6, 6.07) is 2.29. The van der Waals surface area contributed by atoms with E-state index < -0.39 is 11.6 Å². The molecule has 0 radical (unpaired) electrons. The molecule has 2 unspecified atom stereocenters. The lowest BCUT2D eigenvalue weighted by atomic mass is 9.89.